The van der Waals surface area contributed by atoms with Gasteiger partial charge in [-0.15, -0.1) is 0 Å². The van der Waals surface area contributed by atoms with Gasteiger partial charge in [-0.1, -0.05) is 19.4 Å². The average molecular weight is 280 g/mol. The number of carboxylic acid groups (broad SMARTS) is 1. The normalized spacial score (nSPS) is 10.3. The van der Waals surface area contributed by atoms with Gasteiger partial charge < -0.3 is 10.0 Å². The topological polar surface area (TPSA) is 83.7 Å². The van der Waals surface area contributed by atoms with E-state index in [2.05, 4.69) is 6.92 Å². The minimum absolute atomic E-state index is 0.0197. The minimum Gasteiger partial charge on any atom is -0.481 e. The lowest BCUT2D eigenvalue weighted by molar-refractivity contribution is -0.384. The summed E-state index contributed by atoms with van der Waals surface area (Å²) in [6, 6.07) is 4.69. The minimum atomic E-state index is -0.866. The predicted molar refractivity (Wildman–Crippen MR) is 77.2 cm³/mol. The van der Waals surface area contributed by atoms with Crippen molar-refractivity contribution >= 4 is 17.3 Å². The van der Waals surface area contributed by atoms with Gasteiger partial charge in [-0.25, -0.2) is 0 Å². The Labute approximate surface area is 118 Å². The number of rotatable bonds is 8. The second kappa shape index (κ2) is 7.47. The third kappa shape index (κ3) is 4.53. The Bertz CT molecular complexity index is 488. The number of nitrogens with zero attached hydrogens (tertiary/aromatic N) is 2. The maximum atomic E-state index is 10.9. The first kappa shape index (κ1) is 15.9. The Kier molecular flexibility index (Phi) is 5.96. The summed E-state index contributed by atoms with van der Waals surface area (Å²) in [4.78, 5) is 23.1. The van der Waals surface area contributed by atoms with Gasteiger partial charge in [0.2, 0.25) is 0 Å². The monoisotopic (exact) mass is 280 g/mol. The lowest BCUT2D eigenvalue weighted by Crippen LogP contribution is -2.28. The Morgan fingerprint density at radius 3 is 2.65 bits per heavy atom. The highest BCUT2D eigenvalue weighted by Crippen LogP contribution is 2.26. The molecule has 1 rings (SSSR count). The first-order valence-electron chi connectivity index (χ1n) is 6.67. The van der Waals surface area contributed by atoms with Crippen LogP contribution in [0.15, 0.2) is 18.2 Å². The summed E-state index contributed by atoms with van der Waals surface area (Å²) in [5.74, 6) is -0.866. The molecular formula is C14H20N2O4. The molecule has 1 N–H and O–H groups in total. The zero-order chi connectivity index (χ0) is 15.1. The number of anilines is 1. The maximum Gasteiger partial charge on any atom is 0.305 e. The largest absolute Gasteiger partial charge is 0.481 e. The molecule has 1 aromatic rings. The van der Waals surface area contributed by atoms with Gasteiger partial charge in [-0.3, -0.25) is 14.9 Å². The van der Waals surface area contributed by atoms with Crippen molar-refractivity contribution in [2.45, 2.75) is 33.1 Å². The lowest BCUT2D eigenvalue weighted by Gasteiger charge is -2.25. The molecule has 0 aliphatic rings. The molecular weight excluding hydrogens is 260 g/mol. The number of aliphatic carboxylic acids is 1. The summed E-state index contributed by atoms with van der Waals surface area (Å²) < 4.78 is 0. The quantitative estimate of drug-likeness (QED) is 0.584. The molecule has 0 saturated carbocycles. The number of carboxylic acids is 1. The van der Waals surface area contributed by atoms with Gasteiger partial charge in [-0.2, -0.15) is 0 Å². The number of nitro benzene ring substituents is 1. The van der Waals surface area contributed by atoms with Crippen molar-refractivity contribution in [1.82, 2.24) is 0 Å². The van der Waals surface area contributed by atoms with Crippen LogP contribution in [0.4, 0.5) is 11.4 Å². The molecule has 110 valence electrons. The molecule has 0 saturated heterocycles. The van der Waals surface area contributed by atoms with E-state index in [0.717, 1.165) is 24.1 Å². The van der Waals surface area contributed by atoms with Crippen LogP contribution >= 0.6 is 0 Å². The van der Waals surface area contributed by atoms with Crippen molar-refractivity contribution in [3.05, 3.63) is 33.9 Å². The van der Waals surface area contributed by atoms with Gasteiger partial charge >= 0.3 is 5.97 Å². The van der Waals surface area contributed by atoms with Gasteiger partial charge in [0.1, 0.15) is 0 Å². The molecule has 0 heterocycles. The van der Waals surface area contributed by atoms with E-state index in [-0.39, 0.29) is 12.1 Å². The molecule has 0 atom stereocenters. The van der Waals surface area contributed by atoms with E-state index in [0.29, 0.717) is 13.1 Å². The van der Waals surface area contributed by atoms with E-state index in [1.54, 1.807) is 6.07 Å². The molecule has 0 unspecified atom stereocenters. The van der Waals surface area contributed by atoms with Crippen LogP contribution in [-0.4, -0.2) is 29.1 Å². The number of non-ortho nitro benzene ring substituents is 1. The van der Waals surface area contributed by atoms with Crippen LogP contribution < -0.4 is 4.90 Å². The zero-order valence-corrected chi connectivity index (χ0v) is 11.8. The Morgan fingerprint density at radius 1 is 1.40 bits per heavy atom. The summed E-state index contributed by atoms with van der Waals surface area (Å²) in [5.41, 5.74) is 1.69. The zero-order valence-electron chi connectivity index (χ0n) is 11.8. The van der Waals surface area contributed by atoms with E-state index >= 15 is 0 Å². The molecule has 0 aromatic heterocycles. The molecule has 0 spiro atoms. The standard InChI is InChI=1S/C14H20N2O4/c1-3-4-8-15(9-7-14(17)18)13-10-12(16(19)20)6-5-11(13)2/h5-6,10H,3-4,7-9H2,1-2H3,(H,17,18). The molecule has 1 aromatic carbocycles. The van der Waals surface area contributed by atoms with E-state index in [1.165, 1.54) is 12.1 Å². The lowest BCUT2D eigenvalue weighted by atomic mass is 10.1. The Hall–Kier alpha value is -2.11. The van der Waals surface area contributed by atoms with E-state index in [1.807, 2.05) is 11.8 Å². The van der Waals surface area contributed by atoms with Crippen molar-refractivity contribution in [3.63, 3.8) is 0 Å². The van der Waals surface area contributed by atoms with Gasteiger partial charge in [0.05, 0.1) is 11.3 Å². The van der Waals surface area contributed by atoms with Crippen LogP contribution in [-0.2, 0) is 4.79 Å². The highest BCUT2D eigenvalue weighted by Gasteiger charge is 2.15. The van der Waals surface area contributed by atoms with Crippen LogP contribution in [0.3, 0.4) is 0 Å². The summed E-state index contributed by atoms with van der Waals surface area (Å²) in [5, 5.41) is 19.7. The molecule has 0 radical (unpaired) electrons. The maximum absolute atomic E-state index is 10.9. The number of carbonyl (C=O) groups is 1. The third-order valence-corrected chi connectivity index (χ3v) is 3.12. The Balaban J connectivity index is 3.00. The first-order valence-corrected chi connectivity index (χ1v) is 6.67. The SMILES string of the molecule is CCCCN(CCC(=O)O)c1cc([N+](=O)[O-])ccc1C. The predicted octanol–water partition coefficient (Wildman–Crippen LogP) is 2.98. The number of hydrogen-bond donors (Lipinski definition) is 1. The van der Waals surface area contributed by atoms with Gasteiger partial charge in [0, 0.05) is 30.9 Å². The molecule has 6 heteroatoms. The fourth-order valence-corrected chi connectivity index (χ4v) is 1.98. The molecule has 0 fully saturated rings. The van der Waals surface area contributed by atoms with Crippen LogP contribution in [0, 0.1) is 17.0 Å². The van der Waals surface area contributed by atoms with Crippen LogP contribution in [0.25, 0.3) is 0 Å². The summed E-state index contributed by atoms with van der Waals surface area (Å²) in [6.45, 7) is 4.98. The molecule has 0 aliphatic heterocycles. The van der Waals surface area contributed by atoms with Crippen LogP contribution in [0.1, 0.15) is 31.7 Å². The third-order valence-electron chi connectivity index (χ3n) is 3.12. The number of benzene rings is 1. The van der Waals surface area contributed by atoms with Gasteiger partial charge in [0.15, 0.2) is 0 Å². The fourth-order valence-electron chi connectivity index (χ4n) is 1.98. The number of nitro groups is 1. The van der Waals surface area contributed by atoms with E-state index in [4.69, 9.17) is 5.11 Å². The molecule has 0 bridgehead atoms. The first-order chi connectivity index (χ1) is 9.45. The van der Waals surface area contributed by atoms with E-state index in [9.17, 15) is 14.9 Å². The van der Waals surface area contributed by atoms with Crippen LogP contribution in [0.5, 0.6) is 0 Å². The van der Waals surface area contributed by atoms with Crippen molar-refractivity contribution in [2.75, 3.05) is 18.0 Å². The number of unbranched alkanes of at least 4 members (excludes halogenated alkanes) is 1. The Morgan fingerprint density at radius 2 is 2.10 bits per heavy atom. The van der Waals surface area contributed by atoms with E-state index < -0.39 is 10.9 Å². The highest BCUT2D eigenvalue weighted by molar-refractivity contribution is 5.68. The fraction of sp³-hybridized carbons (Fsp3) is 0.500. The smallest absolute Gasteiger partial charge is 0.305 e. The summed E-state index contributed by atoms with van der Waals surface area (Å²) >= 11 is 0. The number of aryl methyl sites for hydroxylation is 1. The van der Waals surface area contributed by atoms with Gasteiger partial charge in [-0.05, 0) is 18.9 Å². The van der Waals surface area contributed by atoms with Crippen molar-refractivity contribution in [1.29, 1.82) is 0 Å². The van der Waals surface area contributed by atoms with Gasteiger partial charge in [0.25, 0.3) is 5.69 Å². The van der Waals surface area contributed by atoms with Crippen molar-refractivity contribution < 1.29 is 14.8 Å². The van der Waals surface area contributed by atoms with Crippen molar-refractivity contribution in [3.8, 4) is 0 Å². The molecule has 0 aliphatic carbocycles. The summed E-state index contributed by atoms with van der Waals surface area (Å²) in [6.07, 6.45) is 1.92. The highest BCUT2D eigenvalue weighted by atomic mass is 16.6. The van der Waals surface area contributed by atoms with Crippen molar-refractivity contribution in [2.24, 2.45) is 0 Å². The summed E-state index contributed by atoms with van der Waals surface area (Å²) in [7, 11) is 0. The molecule has 0 amide bonds. The van der Waals surface area contributed by atoms with Crippen LogP contribution in [0.2, 0.25) is 0 Å². The molecule has 6 nitrogen and oxygen atoms in total. The second-order valence-electron chi connectivity index (χ2n) is 4.71. The molecule has 20 heavy (non-hydrogen) atoms. The second-order valence-corrected chi connectivity index (χ2v) is 4.71. The average Bonchev–Trinajstić information content (AvgIpc) is 2.39. The number of hydrogen-bond acceptors (Lipinski definition) is 4.